The van der Waals surface area contributed by atoms with Crippen LogP contribution in [0.5, 0.6) is 5.75 Å². The molecule has 2 heterocycles. The molecule has 8 heteroatoms. The fourth-order valence-electron chi connectivity index (χ4n) is 2.28. The number of phenolic OH excluding ortho intramolecular Hbond substituents is 1. The number of nitrogens with zero attached hydrogens (tertiary/aromatic N) is 2. The van der Waals surface area contributed by atoms with E-state index in [2.05, 4.69) is 36.5 Å². The number of phenols is 1. The third-order valence-electron chi connectivity index (χ3n) is 3.47. The van der Waals surface area contributed by atoms with Gasteiger partial charge in [0.15, 0.2) is 0 Å². The second-order valence-electron chi connectivity index (χ2n) is 5.20. The van der Waals surface area contributed by atoms with Crippen LogP contribution in [0, 0.1) is 0 Å². The number of hydrogen-bond acceptors (Lipinski definition) is 6. The van der Waals surface area contributed by atoms with E-state index in [4.69, 9.17) is 16.3 Å². The average molecular weight is 400 g/mol. The number of nitrogens with one attached hydrogen (secondary N) is 2. The molecule has 1 aromatic carbocycles. The van der Waals surface area contributed by atoms with E-state index in [1.54, 1.807) is 18.3 Å². The Labute approximate surface area is 147 Å². The molecule has 6 nitrogen and oxygen atoms in total. The van der Waals surface area contributed by atoms with E-state index < -0.39 is 0 Å². The highest BCUT2D eigenvalue weighted by Gasteiger charge is 2.16. The second kappa shape index (κ2) is 7.33. The van der Waals surface area contributed by atoms with Crippen LogP contribution in [-0.4, -0.2) is 34.3 Å². The number of ether oxygens (including phenoxy) is 1. The molecule has 3 rings (SSSR count). The molecule has 1 aliphatic heterocycles. The Morgan fingerprint density at radius 1 is 1.43 bits per heavy atom. The highest BCUT2D eigenvalue weighted by molar-refractivity contribution is 9.10. The summed E-state index contributed by atoms with van der Waals surface area (Å²) in [6, 6.07) is 4.83. The van der Waals surface area contributed by atoms with E-state index >= 15 is 0 Å². The molecule has 122 valence electrons. The smallest absolute Gasteiger partial charge is 0.229 e. The van der Waals surface area contributed by atoms with Gasteiger partial charge in [-0.15, -0.1) is 0 Å². The Balaban J connectivity index is 1.69. The first kappa shape index (κ1) is 16.3. The molecule has 0 bridgehead atoms. The summed E-state index contributed by atoms with van der Waals surface area (Å²) >= 11 is 9.33. The van der Waals surface area contributed by atoms with Crippen LogP contribution in [0.1, 0.15) is 12.8 Å². The summed E-state index contributed by atoms with van der Waals surface area (Å²) in [7, 11) is 0. The summed E-state index contributed by atoms with van der Waals surface area (Å²) in [5.41, 5.74) is 0.695. The van der Waals surface area contributed by atoms with Gasteiger partial charge in [0, 0.05) is 25.0 Å². The SMILES string of the molecule is Oc1ccc(Nc2ncc(Br)c(NCC3CCCO3)n2)cc1Cl. The molecule has 3 N–H and O–H groups in total. The van der Waals surface area contributed by atoms with Crippen molar-refractivity contribution >= 4 is 45.0 Å². The highest BCUT2D eigenvalue weighted by atomic mass is 79.9. The number of aromatic hydroxyl groups is 1. The van der Waals surface area contributed by atoms with E-state index in [9.17, 15) is 5.11 Å². The van der Waals surface area contributed by atoms with Crippen molar-refractivity contribution < 1.29 is 9.84 Å². The van der Waals surface area contributed by atoms with Crippen molar-refractivity contribution in [2.24, 2.45) is 0 Å². The molecule has 23 heavy (non-hydrogen) atoms. The lowest BCUT2D eigenvalue weighted by Crippen LogP contribution is -2.19. The minimum absolute atomic E-state index is 0.0351. The maximum Gasteiger partial charge on any atom is 0.229 e. The summed E-state index contributed by atoms with van der Waals surface area (Å²) in [6.07, 6.45) is 4.07. The first-order valence-corrected chi connectivity index (χ1v) is 8.42. The van der Waals surface area contributed by atoms with Gasteiger partial charge in [0.2, 0.25) is 5.95 Å². The second-order valence-corrected chi connectivity index (χ2v) is 6.46. The Kier molecular flexibility index (Phi) is 5.20. The molecular weight excluding hydrogens is 384 g/mol. The third-order valence-corrected chi connectivity index (χ3v) is 4.35. The topological polar surface area (TPSA) is 79.3 Å². The molecule has 1 aromatic heterocycles. The number of benzene rings is 1. The monoisotopic (exact) mass is 398 g/mol. The number of anilines is 3. The maximum atomic E-state index is 9.45. The van der Waals surface area contributed by atoms with E-state index in [-0.39, 0.29) is 16.9 Å². The van der Waals surface area contributed by atoms with Gasteiger partial charge in [0.25, 0.3) is 0 Å². The number of aromatic nitrogens is 2. The minimum atomic E-state index is 0.0351. The van der Waals surface area contributed by atoms with Crippen LogP contribution in [0.25, 0.3) is 0 Å². The summed E-state index contributed by atoms with van der Waals surface area (Å²) in [4.78, 5) is 8.66. The lowest BCUT2D eigenvalue weighted by Gasteiger charge is -2.13. The summed E-state index contributed by atoms with van der Waals surface area (Å²) in [5, 5.41) is 16.0. The van der Waals surface area contributed by atoms with Gasteiger partial charge in [-0.05, 0) is 47.0 Å². The first-order chi connectivity index (χ1) is 11.1. The Morgan fingerprint density at radius 2 is 2.30 bits per heavy atom. The van der Waals surface area contributed by atoms with Crippen LogP contribution in [0.2, 0.25) is 5.02 Å². The van der Waals surface area contributed by atoms with Crippen LogP contribution in [0.4, 0.5) is 17.5 Å². The van der Waals surface area contributed by atoms with Gasteiger partial charge >= 0.3 is 0 Å². The van der Waals surface area contributed by atoms with Gasteiger partial charge in [-0.3, -0.25) is 0 Å². The fraction of sp³-hybridized carbons (Fsp3) is 0.333. The molecule has 0 aliphatic carbocycles. The molecule has 1 atom stereocenters. The predicted octanol–water partition coefficient (Wildman–Crippen LogP) is 3.93. The molecule has 0 spiro atoms. The molecule has 1 unspecified atom stereocenters. The maximum absolute atomic E-state index is 9.45. The molecule has 0 amide bonds. The molecule has 0 radical (unpaired) electrons. The van der Waals surface area contributed by atoms with Gasteiger partial charge in [-0.2, -0.15) is 4.98 Å². The van der Waals surface area contributed by atoms with Crippen molar-refractivity contribution in [1.29, 1.82) is 0 Å². The van der Waals surface area contributed by atoms with Crippen molar-refractivity contribution in [3.05, 3.63) is 33.9 Å². The Morgan fingerprint density at radius 3 is 3.04 bits per heavy atom. The van der Waals surface area contributed by atoms with Gasteiger partial charge in [-0.25, -0.2) is 4.98 Å². The van der Waals surface area contributed by atoms with Crippen LogP contribution < -0.4 is 10.6 Å². The molecule has 0 saturated carbocycles. The molecule has 1 saturated heterocycles. The van der Waals surface area contributed by atoms with Crippen molar-refractivity contribution in [3.8, 4) is 5.75 Å². The first-order valence-electron chi connectivity index (χ1n) is 7.25. The van der Waals surface area contributed by atoms with Crippen molar-refractivity contribution in [1.82, 2.24) is 9.97 Å². The van der Waals surface area contributed by atoms with E-state index in [1.807, 2.05) is 0 Å². The lowest BCUT2D eigenvalue weighted by molar-refractivity contribution is 0.120. The van der Waals surface area contributed by atoms with E-state index in [1.165, 1.54) is 6.07 Å². The van der Waals surface area contributed by atoms with Crippen molar-refractivity contribution in [2.45, 2.75) is 18.9 Å². The van der Waals surface area contributed by atoms with E-state index in [0.717, 1.165) is 23.9 Å². The summed E-state index contributed by atoms with van der Waals surface area (Å²) in [6.45, 7) is 1.53. The van der Waals surface area contributed by atoms with Gasteiger partial charge in [-0.1, -0.05) is 11.6 Å². The number of rotatable bonds is 5. The summed E-state index contributed by atoms with van der Waals surface area (Å²) in [5.74, 6) is 1.17. The zero-order valence-corrected chi connectivity index (χ0v) is 14.6. The van der Waals surface area contributed by atoms with Crippen molar-refractivity contribution in [3.63, 3.8) is 0 Å². The van der Waals surface area contributed by atoms with Crippen LogP contribution >= 0.6 is 27.5 Å². The minimum Gasteiger partial charge on any atom is -0.506 e. The standard InChI is InChI=1S/C15H16BrClN4O2/c16-11-8-19-15(20-9-3-4-13(22)12(17)6-9)21-14(11)18-7-10-2-1-5-23-10/h3-4,6,8,10,22H,1-2,5,7H2,(H2,18,19,20,21). The predicted molar refractivity (Wildman–Crippen MR) is 93.6 cm³/mol. The largest absolute Gasteiger partial charge is 0.506 e. The zero-order chi connectivity index (χ0) is 16.2. The quantitative estimate of drug-likeness (QED) is 0.661. The third kappa shape index (κ3) is 4.25. The normalized spacial score (nSPS) is 17.2. The molecule has 1 fully saturated rings. The summed E-state index contributed by atoms with van der Waals surface area (Å²) < 4.78 is 6.37. The van der Waals surface area contributed by atoms with E-state index in [0.29, 0.717) is 24.0 Å². The number of halogens is 2. The molecule has 1 aliphatic rings. The average Bonchev–Trinajstić information content (AvgIpc) is 3.05. The number of hydrogen-bond donors (Lipinski definition) is 3. The Bertz CT molecular complexity index is 695. The van der Waals surface area contributed by atoms with Crippen LogP contribution in [-0.2, 0) is 4.74 Å². The lowest BCUT2D eigenvalue weighted by atomic mass is 10.2. The van der Waals surface area contributed by atoms with Gasteiger partial charge < -0.3 is 20.5 Å². The fourth-order valence-corrected chi connectivity index (χ4v) is 2.79. The van der Waals surface area contributed by atoms with Crippen molar-refractivity contribution in [2.75, 3.05) is 23.8 Å². The molecule has 2 aromatic rings. The molecular formula is C15H16BrClN4O2. The Hall–Kier alpha value is -1.57. The van der Waals surface area contributed by atoms with Crippen LogP contribution in [0.15, 0.2) is 28.9 Å². The zero-order valence-electron chi connectivity index (χ0n) is 12.2. The highest BCUT2D eigenvalue weighted by Crippen LogP contribution is 2.28. The van der Waals surface area contributed by atoms with Gasteiger partial charge in [0.05, 0.1) is 15.6 Å². The van der Waals surface area contributed by atoms with Gasteiger partial charge in [0.1, 0.15) is 11.6 Å². The van der Waals surface area contributed by atoms with Crippen LogP contribution in [0.3, 0.4) is 0 Å².